The smallest absolute Gasteiger partial charge is 0.169 e. The van der Waals surface area contributed by atoms with Gasteiger partial charge in [-0.2, -0.15) is 0 Å². The van der Waals surface area contributed by atoms with E-state index in [2.05, 4.69) is 22.0 Å². The highest BCUT2D eigenvalue weighted by Crippen LogP contribution is 2.31. The third-order valence-corrected chi connectivity index (χ3v) is 2.31. The average molecular weight is 243 g/mol. The largest absolute Gasteiger partial charge is 0.493 e. The maximum atomic E-state index is 5.62. The fraction of sp³-hybridized carbons (Fsp3) is 0.154. The van der Waals surface area contributed by atoms with E-state index in [1.807, 2.05) is 24.3 Å². The van der Waals surface area contributed by atoms with Crippen LogP contribution < -0.4 is 9.47 Å². The van der Waals surface area contributed by atoms with Gasteiger partial charge < -0.3 is 9.47 Å². The molecular formula is C13H13N3O2. The highest BCUT2D eigenvalue weighted by atomic mass is 16.5. The fourth-order valence-corrected chi connectivity index (χ4v) is 1.50. The van der Waals surface area contributed by atoms with E-state index in [9.17, 15) is 0 Å². The van der Waals surface area contributed by atoms with E-state index in [-0.39, 0.29) is 0 Å². The standard InChI is InChI=1S/C13H13N3O2/c1-3-4-10-5-6-12(13(7-10)17-2)18-11-8-14-16-15-9-11/h3,5-9H,1,4H2,2H3. The van der Waals surface area contributed by atoms with E-state index in [0.29, 0.717) is 17.2 Å². The van der Waals surface area contributed by atoms with Crippen molar-refractivity contribution in [3.8, 4) is 17.2 Å². The Bertz CT molecular complexity index is 529. The Morgan fingerprint density at radius 3 is 2.67 bits per heavy atom. The molecule has 18 heavy (non-hydrogen) atoms. The minimum atomic E-state index is 0.514. The van der Waals surface area contributed by atoms with Gasteiger partial charge in [0, 0.05) is 0 Å². The van der Waals surface area contributed by atoms with Crippen molar-refractivity contribution in [2.24, 2.45) is 0 Å². The molecule has 0 amide bonds. The van der Waals surface area contributed by atoms with Crippen molar-refractivity contribution in [2.75, 3.05) is 7.11 Å². The lowest BCUT2D eigenvalue weighted by Crippen LogP contribution is -1.94. The summed E-state index contributed by atoms with van der Waals surface area (Å²) in [7, 11) is 1.60. The number of benzene rings is 1. The zero-order chi connectivity index (χ0) is 12.8. The molecule has 0 saturated carbocycles. The number of aromatic nitrogens is 3. The molecule has 0 saturated heterocycles. The minimum Gasteiger partial charge on any atom is -0.493 e. The molecule has 0 N–H and O–H groups in total. The SMILES string of the molecule is C=CCc1ccc(Oc2cnnnc2)c(OC)c1. The van der Waals surface area contributed by atoms with E-state index in [1.54, 1.807) is 7.11 Å². The lowest BCUT2D eigenvalue weighted by atomic mass is 10.1. The highest BCUT2D eigenvalue weighted by molar-refractivity contribution is 5.45. The van der Waals surface area contributed by atoms with Gasteiger partial charge in [-0.15, -0.1) is 16.8 Å². The zero-order valence-electron chi connectivity index (χ0n) is 10.0. The van der Waals surface area contributed by atoms with E-state index >= 15 is 0 Å². The van der Waals surface area contributed by atoms with Crippen LogP contribution in [0.4, 0.5) is 0 Å². The van der Waals surface area contributed by atoms with Crippen LogP contribution in [0.25, 0.3) is 0 Å². The van der Waals surface area contributed by atoms with E-state index < -0.39 is 0 Å². The van der Waals surface area contributed by atoms with Crippen molar-refractivity contribution >= 4 is 0 Å². The van der Waals surface area contributed by atoms with E-state index in [0.717, 1.165) is 12.0 Å². The molecule has 0 fully saturated rings. The molecule has 0 aliphatic rings. The van der Waals surface area contributed by atoms with E-state index in [1.165, 1.54) is 12.4 Å². The van der Waals surface area contributed by atoms with Crippen LogP contribution in [0.5, 0.6) is 17.2 Å². The molecular weight excluding hydrogens is 230 g/mol. The third-order valence-electron chi connectivity index (χ3n) is 2.31. The normalized spacial score (nSPS) is 9.83. The average Bonchev–Trinajstić information content (AvgIpc) is 2.42. The molecule has 1 aromatic heterocycles. The van der Waals surface area contributed by atoms with Gasteiger partial charge in [0.15, 0.2) is 17.2 Å². The first-order valence-electron chi connectivity index (χ1n) is 5.42. The molecule has 2 rings (SSSR count). The summed E-state index contributed by atoms with van der Waals surface area (Å²) in [6.07, 6.45) is 5.61. The minimum absolute atomic E-state index is 0.514. The monoisotopic (exact) mass is 243 g/mol. The van der Waals surface area contributed by atoms with Crippen molar-refractivity contribution in [1.82, 2.24) is 15.4 Å². The number of rotatable bonds is 5. The van der Waals surface area contributed by atoms with Crippen LogP contribution in [0, 0.1) is 0 Å². The molecule has 5 nitrogen and oxygen atoms in total. The summed E-state index contributed by atoms with van der Waals surface area (Å²) in [6, 6.07) is 5.72. The van der Waals surface area contributed by atoms with Crippen LogP contribution in [0.3, 0.4) is 0 Å². The molecule has 0 radical (unpaired) electrons. The molecule has 0 spiro atoms. The molecule has 1 heterocycles. The van der Waals surface area contributed by atoms with Crippen molar-refractivity contribution in [1.29, 1.82) is 0 Å². The molecule has 5 heteroatoms. The molecule has 0 atom stereocenters. The lowest BCUT2D eigenvalue weighted by molar-refractivity contribution is 0.376. The van der Waals surface area contributed by atoms with Gasteiger partial charge in [-0.3, -0.25) is 0 Å². The Balaban J connectivity index is 2.25. The summed E-state index contributed by atoms with van der Waals surface area (Å²) in [6.45, 7) is 3.71. The second-order valence-corrected chi connectivity index (χ2v) is 3.56. The summed E-state index contributed by atoms with van der Waals surface area (Å²) in [5.74, 6) is 1.78. The maximum absolute atomic E-state index is 5.62. The Morgan fingerprint density at radius 1 is 1.22 bits per heavy atom. The third kappa shape index (κ3) is 2.82. The van der Waals surface area contributed by atoms with Gasteiger partial charge in [0.25, 0.3) is 0 Å². The van der Waals surface area contributed by atoms with Gasteiger partial charge in [-0.1, -0.05) is 12.1 Å². The van der Waals surface area contributed by atoms with Gasteiger partial charge in [0.05, 0.1) is 19.5 Å². The predicted octanol–water partition coefficient (Wildman–Crippen LogP) is 2.40. The number of methoxy groups -OCH3 is 1. The predicted molar refractivity (Wildman–Crippen MR) is 66.8 cm³/mol. The van der Waals surface area contributed by atoms with Gasteiger partial charge in [-0.25, -0.2) is 0 Å². The Morgan fingerprint density at radius 2 is 2.00 bits per heavy atom. The summed E-state index contributed by atoms with van der Waals surface area (Å²) >= 11 is 0. The molecule has 0 bridgehead atoms. The van der Waals surface area contributed by atoms with Crippen LogP contribution >= 0.6 is 0 Å². The zero-order valence-corrected chi connectivity index (χ0v) is 10.0. The Labute approximate surface area is 105 Å². The first-order valence-corrected chi connectivity index (χ1v) is 5.42. The van der Waals surface area contributed by atoms with Gasteiger partial charge in [0.2, 0.25) is 0 Å². The van der Waals surface area contributed by atoms with Crippen molar-refractivity contribution in [3.63, 3.8) is 0 Å². The summed E-state index contributed by atoms with van der Waals surface area (Å²) in [4.78, 5) is 0. The number of allylic oxidation sites excluding steroid dienone is 1. The molecule has 2 aromatic rings. The summed E-state index contributed by atoms with van der Waals surface area (Å²) in [5.41, 5.74) is 1.11. The second kappa shape index (κ2) is 5.77. The topological polar surface area (TPSA) is 57.1 Å². The quantitative estimate of drug-likeness (QED) is 0.755. The van der Waals surface area contributed by atoms with Gasteiger partial charge in [-0.05, 0) is 29.3 Å². The van der Waals surface area contributed by atoms with Crippen LogP contribution in [0.2, 0.25) is 0 Å². The first-order chi connectivity index (χ1) is 8.83. The van der Waals surface area contributed by atoms with Crippen LogP contribution in [-0.4, -0.2) is 22.5 Å². The Kier molecular flexibility index (Phi) is 3.86. The number of hydrogen-bond acceptors (Lipinski definition) is 5. The Hall–Kier alpha value is -2.43. The lowest BCUT2D eigenvalue weighted by Gasteiger charge is -2.10. The van der Waals surface area contributed by atoms with Crippen molar-refractivity contribution in [2.45, 2.75) is 6.42 Å². The number of hydrogen-bond donors (Lipinski definition) is 0. The van der Waals surface area contributed by atoms with Crippen molar-refractivity contribution < 1.29 is 9.47 Å². The number of ether oxygens (including phenoxy) is 2. The van der Waals surface area contributed by atoms with Crippen LogP contribution in [0.1, 0.15) is 5.56 Å². The van der Waals surface area contributed by atoms with Crippen molar-refractivity contribution in [3.05, 3.63) is 48.8 Å². The molecule has 92 valence electrons. The molecule has 0 aliphatic heterocycles. The summed E-state index contributed by atoms with van der Waals surface area (Å²) in [5, 5.41) is 10.7. The van der Waals surface area contributed by atoms with Crippen LogP contribution in [0.15, 0.2) is 43.2 Å². The highest BCUT2D eigenvalue weighted by Gasteiger charge is 2.07. The number of nitrogens with zero attached hydrogens (tertiary/aromatic N) is 3. The van der Waals surface area contributed by atoms with Gasteiger partial charge in [0.1, 0.15) is 0 Å². The second-order valence-electron chi connectivity index (χ2n) is 3.56. The van der Waals surface area contributed by atoms with Gasteiger partial charge >= 0.3 is 0 Å². The molecule has 1 aromatic carbocycles. The first kappa shape index (κ1) is 12.0. The van der Waals surface area contributed by atoms with E-state index in [4.69, 9.17) is 9.47 Å². The maximum Gasteiger partial charge on any atom is 0.169 e. The molecule has 0 unspecified atom stereocenters. The fourth-order valence-electron chi connectivity index (χ4n) is 1.50. The molecule has 0 aliphatic carbocycles. The summed E-state index contributed by atoms with van der Waals surface area (Å²) < 4.78 is 10.9. The van der Waals surface area contributed by atoms with Crippen LogP contribution in [-0.2, 0) is 6.42 Å².